The SMILES string of the molecule is Cc1cn([C@H]2C[C@H](O[Si](C)(C)C(C)(C)C)[C@@H](CO[P+](=S)[S-])O2)c(=O)[nH]c1=O. The molecule has 0 bridgehead atoms. The summed E-state index contributed by atoms with van der Waals surface area (Å²) in [5, 5.41) is 0.0323. The number of H-pyrrole nitrogens is 1. The van der Waals surface area contributed by atoms with Crippen LogP contribution >= 0.6 is 6.13 Å². The van der Waals surface area contributed by atoms with E-state index in [1.807, 2.05) is 0 Å². The number of aromatic amines is 1. The Bertz CT molecular complexity index is 820. The molecule has 1 aromatic rings. The highest BCUT2D eigenvalue weighted by Gasteiger charge is 2.45. The molecule has 2 heterocycles. The molecular weight excluding hydrogens is 423 g/mol. The average Bonchev–Trinajstić information content (AvgIpc) is 2.89. The molecule has 1 fully saturated rings. The molecule has 4 atom stereocenters. The van der Waals surface area contributed by atoms with Crippen LogP contribution < -0.4 is 11.2 Å². The third kappa shape index (κ3) is 5.59. The van der Waals surface area contributed by atoms with Gasteiger partial charge in [0.25, 0.3) is 5.56 Å². The van der Waals surface area contributed by atoms with E-state index < -0.39 is 31.9 Å². The maximum Gasteiger partial charge on any atom is 0.330 e. The van der Waals surface area contributed by atoms with Gasteiger partial charge in [0.05, 0.1) is 6.10 Å². The summed E-state index contributed by atoms with van der Waals surface area (Å²) in [5.41, 5.74) is -0.456. The highest BCUT2D eigenvalue weighted by atomic mass is 32.9. The number of hydrogen-bond acceptors (Lipinski definition) is 7. The summed E-state index contributed by atoms with van der Waals surface area (Å²) in [7, 11) is -2.06. The van der Waals surface area contributed by atoms with Gasteiger partial charge in [-0.15, -0.1) is 0 Å². The Balaban J connectivity index is 2.29. The van der Waals surface area contributed by atoms with Crippen LogP contribution in [-0.4, -0.2) is 36.7 Å². The lowest BCUT2D eigenvalue weighted by Crippen LogP contribution is -2.46. The smallest absolute Gasteiger partial charge is 0.330 e. The molecular formula is C16H27N2O5PS2Si. The van der Waals surface area contributed by atoms with E-state index in [9.17, 15) is 9.59 Å². The quantitative estimate of drug-likeness (QED) is 0.405. The monoisotopic (exact) mass is 450 g/mol. The molecule has 2 rings (SSSR count). The Labute approximate surface area is 171 Å². The zero-order valence-electron chi connectivity index (χ0n) is 16.5. The second kappa shape index (κ2) is 8.57. The van der Waals surface area contributed by atoms with Gasteiger partial charge in [-0.25, -0.2) is 4.79 Å². The fourth-order valence-electron chi connectivity index (χ4n) is 2.63. The van der Waals surface area contributed by atoms with Crippen LogP contribution in [0.2, 0.25) is 18.1 Å². The number of rotatable bonds is 6. The lowest BCUT2D eigenvalue weighted by Gasteiger charge is -2.39. The molecule has 11 heteroatoms. The zero-order valence-corrected chi connectivity index (χ0v) is 20.0. The molecule has 1 unspecified atom stereocenters. The van der Waals surface area contributed by atoms with Crippen LogP contribution in [0.5, 0.6) is 0 Å². The highest BCUT2D eigenvalue weighted by molar-refractivity contribution is 8.45. The second-order valence-electron chi connectivity index (χ2n) is 8.28. The van der Waals surface area contributed by atoms with Crippen LogP contribution in [0.4, 0.5) is 0 Å². The molecule has 1 aliphatic rings. The molecule has 0 aliphatic carbocycles. The van der Waals surface area contributed by atoms with E-state index >= 15 is 0 Å². The van der Waals surface area contributed by atoms with Crippen molar-refractivity contribution in [2.24, 2.45) is 0 Å². The van der Waals surface area contributed by atoms with Crippen LogP contribution in [0.3, 0.4) is 0 Å². The number of nitrogens with one attached hydrogen (secondary N) is 1. The second-order valence-corrected chi connectivity index (χ2v) is 16.4. The summed E-state index contributed by atoms with van der Waals surface area (Å²) < 4.78 is 19.5. The Morgan fingerprint density at radius 2 is 2.07 bits per heavy atom. The fourth-order valence-corrected chi connectivity index (χ4v) is 4.63. The van der Waals surface area contributed by atoms with Gasteiger partial charge in [-0.2, -0.15) is 4.52 Å². The molecule has 0 spiro atoms. The summed E-state index contributed by atoms with van der Waals surface area (Å²) in [6.07, 6.45) is -0.505. The third-order valence-electron chi connectivity index (χ3n) is 5.23. The number of nitrogens with zero attached hydrogens (tertiary/aromatic N) is 1. The molecule has 0 saturated carbocycles. The molecule has 152 valence electrons. The first-order valence-corrected chi connectivity index (χ1v) is 14.9. The molecule has 1 aliphatic heterocycles. The first-order valence-electron chi connectivity index (χ1n) is 8.74. The maximum atomic E-state index is 12.2. The lowest BCUT2D eigenvalue weighted by atomic mass is 10.2. The first-order chi connectivity index (χ1) is 12.3. The van der Waals surface area contributed by atoms with Gasteiger partial charge in [-0.05, 0) is 25.1 Å². The third-order valence-corrected chi connectivity index (χ3v) is 10.7. The molecule has 1 N–H and O–H groups in total. The number of aryl methyl sites for hydroxylation is 1. The molecule has 0 radical (unpaired) electrons. The minimum Gasteiger partial charge on any atom is -0.441 e. The van der Waals surface area contributed by atoms with Gasteiger partial charge >= 0.3 is 5.69 Å². The van der Waals surface area contributed by atoms with Crippen molar-refractivity contribution in [2.45, 2.75) is 70.7 Å². The van der Waals surface area contributed by atoms with Crippen molar-refractivity contribution in [2.75, 3.05) is 6.61 Å². The predicted octanol–water partition coefficient (Wildman–Crippen LogP) is 2.86. The number of aromatic nitrogens is 2. The van der Waals surface area contributed by atoms with Gasteiger partial charge in [-0.1, -0.05) is 20.8 Å². The number of hydrogen-bond donors (Lipinski definition) is 1. The van der Waals surface area contributed by atoms with E-state index in [1.165, 1.54) is 10.8 Å². The predicted molar refractivity (Wildman–Crippen MR) is 114 cm³/mol. The summed E-state index contributed by atoms with van der Waals surface area (Å²) in [6.45, 7) is 12.7. The molecule has 1 saturated heterocycles. The van der Waals surface area contributed by atoms with Crippen molar-refractivity contribution in [3.05, 3.63) is 32.6 Å². The summed E-state index contributed by atoms with van der Waals surface area (Å²) in [4.78, 5) is 26.2. The minimum atomic E-state index is -2.06. The van der Waals surface area contributed by atoms with Crippen LogP contribution in [0.15, 0.2) is 15.8 Å². The molecule has 1 aromatic heterocycles. The van der Waals surface area contributed by atoms with Crippen molar-refractivity contribution in [3.63, 3.8) is 0 Å². The Kier molecular flexibility index (Phi) is 7.28. The number of ether oxygens (including phenoxy) is 1. The van der Waals surface area contributed by atoms with E-state index in [0.29, 0.717) is 12.0 Å². The van der Waals surface area contributed by atoms with Crippen molar-refractivity contribution in [1.29, 1.82) is 0 Å². The van der Waals surface area contributed by atoms with Crippen LogP contribution in [0.1, 0.15) is 39.0 Å². The van der Waals surface area contributed by atoms with E-state index in [4.69, 9.17) is 37.7 Å². The van der Waals surface area contributed by atoms with E-state index in [1.54, 1.807) is 6.92 Å². The van der Waals surface area contributed by atoms with E-state index in [0.717, 1.165) is 0 Å². The van der Waals surface area contributed by atoms with Gasteiger partial charge in [-0.3, -0.25) is 14.3 Å². The van der Waals surface area contributed by atoms with Gasteiger partial charge in [0, 0.05) is 18.2 Å². The lowest BCUT2D eigenvalue weighted by molar-refractivity contribution is -0.0365. The van der Waals surface area contributed by atoms with E-state index in [-0.39, 0.29) is 23.9 Å². The zero-order chi connectivity index (χ0) is 20.6. The summed E-state index contributed by atoms with van der Waals surface area (Å²) in [6, 6.07) is 0. The van der Waals surface area contributed by atoms with Crippen molar-refractivity contribution in [1.82, 2.24) is 9.55 Å². The van der Waals surface area contributed by atoms with Gasteiger partial charge in [0.15, 0.2) is 20.1 Å². The summed E-state index contributed by atoms with van der Waals surface area (Å²) >= 11 is 9.94. The van der Waals surface area contributed by atoms with Gasteiger partial charge in [0.1, 0.15) is 18.9 Å². The largest absolute Gasteiger partial charge is 0.441 e. The first kappa shape index (κ1) is 22.9. The van der Waals surface area contributed by atoms with Gasteiger partial charge in [0.2, 0.25) is 6.13 Å². The molecule has 7 nitrogen and oxygen atoms in total. The topological polar surface area (TPSA) is 82.6 Å². The summed E-state index contributed by atoms with van der Waals surface area (Å²) in [5.74, 6) is 0. The molecule has 27 heavy (non-hydrogen) atoms. The van der Waals surface area contributed by atoms with Gasteiger partial charge < -0.3 is 21.4 Å². The Morgan fingerprint density at radius 3 is 2.63 bits per heavy atom. The molecule has 0 aromatic carbocycles. The standard InChI is InChI=1S/C16H27N2O5PS2Si/c1-10-8-18(15(20)17-14(10)19)13-7-11(12(22-13)9-21-24(25)26)23-27(5,6)16(2,3)4/h8,11-13H,7,9H2,1-6H3,(H,17,19,20)/t11-,12+,13+/m0/s1. The van der Waals surface area contributed by atoms with Crippen molar-refractivity contribution >= 4 is 38.5 Å². The van der Waals surface area contributed by atoms with Crippen LogP contribution in [-0.2, 0) is 37.7 Å². The maximum absolute atomic E-state index is 12.2. The highest BCUT2D eigenvalue weighted by Crippen LogP contribution is 2.41. The normalized spacial score (nSPS) is 24.3. The Morgan fingerprint density at radius 1 is 1.44 bits per heavy atom. The minimum absolute atomic E-state index is 0.0323. The van der Waals surface area contributed by atoms with Crippen molar-refractivity contribution < 1.29 is 13.7 Å². The average molecular weight is 451 g/mol. The molecule has 0 amide bonds. The van der Waals surface area contributed by atoms with Crippen molar-refractivity contribution in [3.8, 4) is 0 Å². The van der Waals surface area contributed by atoms with Crippen LogP contribution in [0, 0.1) is 6.92 Å². The van der Waals surface area contributed by atoms with E-state index in [2.05, 4.69) is 38.8 Å². The van der Waals surface area contributed by atoms with Crippen LogP contribution in [0.25, 0.3) is 0 Å². The Hall–Kier alpha value is -0.353. The fraction of sp³-hybridized carbons (Fsp3) is 0.750.